The van der Waals surface area contributed by atoms with Crippen LogP contribution in [0.1, 0.15) is 40.2 Å². The Morgan fingerprint density at radius 3 is 2.31 bits per heavy atom. The van der Waals surface area contributed by atoms with Crippen LogP contribution >= 0.6 is 0 Å². The molecule has 0 fully saturated rings. The highest BCUT2D eigenvalue weighted by Gasteiger charge is 2.22. The molecule has 146 valence electrons. The summed E-state index contributed by atoms with van der Waals surface area (Å²) in [5, 5.41) is 5.73. The Morgan fingerprint density at radius 2 is 1.77 bits per heavy atom. The smallest absolute Gasteiger partial charge is 0.407 e. The van der Waals surface area contributed by atoms with Crippen molar-refractivity contribution in [2.75, 3.05) is 20.1 Å². The van der Waals surface area contributed by atoms with Gasteiger partial charge in [0.25, 0.3) is 0 Å². The maximum Gasteiger partial charge on any atom is 0.407 e. The van der Waals surface area contributed by atoms with E-state index in [4.69, 9.17) is 4.74 Å². The van der Waals surface area contributed by atoms with Gasteiger partial charge in [-0.2, -0.15) is 0 Å². The second-order valence-electron chi connectivity index (χ2n) is 7.96. The predicted octanol–water partition coefficient (Wildman–Crippen LogP) is 2.78. The average molecular weight is 364 g/mol. The van der Waals surface area contributed by atoms with Crippen molar-refractivity contribution < 1.29 is 14.3 Å². The maximum absolute atomic E-state index is 12.2. The van der Waals surface area contributed by atoms with Crippen LogP contribution in [0.3, 0.4) is 0 Å². The van der Waals surface area contributed by atoms with Gasteiger partial charge in [0.15, 0.2) is 0 Å². The first-order chi connectivity index (χ1) is 12.1. The van der Waals surface area contributed by atoms with Crippen molar-refractivity contribution in [1.29, 1.82) is 0 Å². The molecule has 1 rings (SSSR count). The molecule has 0 radical (unpaired) electrons. The zero-order chi connectivity index (χ0) is 19.7. The van der Waals surface area contributed by atoms with Crippen molar-refractivity contribution in [2.45, 2.75) is 52.8 Å². The van der Waals surface area contributed by atoms with Crippen LogP contribution in [0.4, 0.5) is 4.79 Å². The zero-order valence-electron chi connectivity index (χ0n) is 16.8. The fourth-order valence-electron chi connectivity index (χ4n) is 2.39. The molecule has 2 N–H and O–H groups in total. The molecule has 0 aliphatic heterocycles. The van der Waals surface area contributed by atoms with E-state index in [1.165, 1.54) is 0 Å². The highest BCUT2D eigenvalue weighted by atomic mass is 16.6. The van der Waals surface area contributed by atoms with E-state index in [9.17, 15) is 9.59 Å². The number of ether oxygens (including phenoxy) is 1. The second kappa shape index (κ2) is 10.2. The first kappa shape index (κ1) is 22.0. The van der Waals surface area contributed by atoms with Gasteiger partial charge in [-0.05, 0) is 39.3 Å². The van der Waals surface area contributed by atoms with Crippen LogP contribution in [0.5, 0.6) is 0 Å². The lowest BCUT2D eigenvalue weighted by Gasteiger charge is -2.26. The molecule has 6 nitrogen and oxygen atoms in total. The number of nitrogens with zero attached hydrogens (tertiary/aromatic N) is 1. The fraction of sp³-hybridized carbons (Fsp3) is 0.600. The van der Waals surface area contributed by atoms with E-state index in [1.54, 1.807) is 0 Å². The van der Waals surface area contributed by atoms with E-state index in [-0.39, 0.29) is 17.9 Å². The number of benzene rings is 1. The molecular formula is C20H33N3O3. The van der Waals surface area contributed by atoms with Crippen LogP contribution < -0.4 is 10.6 Å². The molecule has 0 bridgehead atoms. The summed E-state index contributed by atoms with van der Waals surface area (Å²) >= 11 is 0. The Bertz CT molecular complexity index is 567. The molecule has 1 aromatic carbocycles. The zero-order valence-corrected chi connectivity index (χ0v) is 16.8. The van der Waals surface area contributed by atoms with Crippen LogP contribution in [0.15, 0.2) is 30.3 Å². The maximum atomic E-state index is 12.2. The Kier molecular flexibility index (Phi) is 8.58. The molecule has 1 aromatic rings. The summed E-state index contributed by atoms with van der Waals surface area (Å²) in [5.74, 6) is 0.102. The van der Waals surface area contributed by atoms with Gasteiger partial charge in [-0.15, -0.1) is 0 Å². The molecular weight excluding hydrogens is 330 g/mol. The number of nitrogens with one attached hydrogen (secondary N) is 2. The lowest BCUT2D eigenvalue weighted by atomic mass is 10.0. The molecule has 26 heavy (non-hydrogen) atoms. The lowest BCUT2D eigenvalue weighted by molar-refractivity contribution is -0.122. The van der Waals surface area contributed by atoms with E-state index >= 15 is 0 Å². The Balaban J connectivity index is 2.42. The molecule has 1 unspecified atom stereocenters. The standard InChI is InChI=1S/C20H33N3O3/c1-15(2)17(22-19(25)26-20(3,4)5)12-21-18(24)14-23(6)13-16-10-8-7-9-11-16/h7-11,15,17H,12-14H2,1-6H3,(H,21,24)(H,22,25). The molecule has 0 heterocycles. The van der Waals surface area contributed by atoms with Crippen LogP contribution in [-0.4, -0.2) is 48.7 Å². The Morgan fingerprint density at radius 1 is 1.15 bits per heavy atom. The van der Waals surface area contributed by atoms with E-state index in [0.717, 1.165) is 5.56 Å². The summed E-state index contributed by atoms with van der Waals surface area (Å²) in [6.45, 7) is 10.8. The number of carbonyl (C=O) groups is 2. The van der Waals surface area contributed by atoms with Gasteiger partial charge in [-0.25, -0.2) is 4.79 Å². The third-order valence-corrected chi connectivity index (χ3v) is 3.73. The summed E-state index contributed by atoms with van der Waals surface area (Å²) in [6, 6.07) is 9.83. The van der Waals surface area contributed by atoms with Gasteiger partial charge in [0.1, 0.15) is 5.60 Å². The van der Waals surface area contributed by atoms with Crippen LogP contribution in [0, 0.1) is 5.92 Å². The van der Waals surface area contributed by atoms with Gasteiger partial charge >= 0.3 is 6.09 Å². The number of alkyl carbamates (subject to hydrolysis) is 1. The minimum Gasteiger partial charge on any atom is -0.444 e. The second-order valence-corrected chi connectivity index (χ2v) is 7.96. The fourth-order valence-corrected chi connectivity index (χ4v) is 2.39. The normalized spacial score (nSPS) is 12.8. The summed E-state index contributed by atoms with van der Waals surface area (Å²) in [7, 11) is 1.91. The largest absolute Gasteiger partial charge is 0.444 e. The lowest BCUT2D eigenvalue weighted by Crippen LogP contribution is -2.49. The average Bonchev–Trinajstić information content (AvgIpc) is 2.50. The van der Waals surface area contributed by atoms with Crippen molar-refractivity contribution in [1.82, 2.24) is 15.5 Å². The van der Waals surface area contributed by atoms with Crippen molar-refractivity contribution in [3.63, 3.8) is 0 Å². The van der Waals surface area contributed by atoms with Crippen molar-refractivity contribution >= 4 is 12.0 Å². The number of hydrogen-bond donors (Lipinski definition) is 2. The summed E-state index contributed by atoms with van der Waals surface area (Å²) < 4.78 is 5.29. The third kappa shape index (κ3) is 9.42. The van der Waals surface area contributed by atoms with Crippen molar-refractivity contribution in [2.24, 2.45) is 5.92 Å². The van der Waals surface area contributed by atoms with E-state index < -0.39 is 11.7 Å². The molecule has 0 aliphatic rings. The van der Waals surface area contributed by atoms with Crippen LogP contribution in [0.2, 0.25) is 0 Å². The van der Waals surface area contributed by atoms with E-state index in [1.807, 2.05) is 76.9 Å². The van der Waals surface area contributed by atoms with Crippen molar-refractivity contribution in [3.05, 3.63) is 35.9 Å². The monoisotopic (exact) mass is 363 g/mol. The Hall–Kier alpha value is -2.08. The summed E-state index contributed by atoms with van der Waals surface area (Å²) in [4.78, 5) is 26.1. The molecule has 6 heteroatoms. The number of hydrogen-bond acceptors (Lipinski definition) is 4. The quantitative estimate of drug-likeness (QED) is 0.745. The summed E-state index contributed by atoms with van der Waals surface area (Å²) in [6.07, 6.45) is -0.466. The molecule has 0 aliphatic carbocycles. The van der Waals surface area contributed by atoms with E-state index in [0.29, 0.717) is 19.6 Å². The Labute approximate surface area is 157 Å². The van der Waals surface area contributed by atoms with Crippen molar-refractivity contribution in [3.8, 4) is 0 Å². The van der Waals surface area contributed by atoms with Gasteiger partial charge in [-0.3, -0.25) is 9.69 Å². The number of amides is 2. The minimum atomic E-state index is -0.547. The minimum absolute atomic E-state index is 0.0694. The molecule has 2 amide bonds. The number of carbonyl (C=O) groups excluding carboxylic acids is 2. The van der Waals surface area contributed by atoms with Crippen LogP contribution in [0.25, 0.3) is 0 Å². The van der Waals surface area contributed by atoms with E-state index in [2.05, 4.69) is 10.6 Å². The first-order valence-corrected chi connectivity index (χ1v) is 9.05. The van der Waals surface area contributed by atoms with Gasteiger partial charge in [-0.1, -0.05) is 44.2 Å². The third-order valence-electron chi connectivity index (χ3n) is 3.73. The topological polar surface area (TPSA) is 70.7 Å². The highest BCUT2D eigenvalue weighted by molar-refractivity contribution is 5.78. The van der Waals surface area contributed by atoms with Gasteiger partial charge < -0.3 is 15.4 Å². The SMILES string of the molecule is CC(C)C(CNC(=O)CN(C)Cc1ccccc1)NC(=O)OC(C)(C)C. The van der Waals surface area contributed by atoms with Gasteiger partial charge in [0.05, 0.1) is 12.6 Å². The molecule has 0 saturated carbocycles. The molecule has 0 spiro atoms. The highest BCUT2D eigenvalue weighted by Crippen LogP contribution is 2.08. The molecule has 0 aromatic heterocycles. The number of rotatable bonds is 8. The summed E-state index contributed by atoms with van der Waals surface area (Å²) in [5.41, 5.74) is 0.615. The van der Waals surface area contributed by atoms with Gasteiger partial charge in [0.2, 0.25) is 5.91 Å². The molecule has 0 saturated heterocycles. The molecule has 1 atom stereocenters. The number of likely N-dealkylation sites (N-methyl/N-ethyl adjacent to an activating group) is 1. The van der Waals surface area contributed by atoms with Crippen LogP contribution in [-0.2, 0) is 16.1 Å². The predicted molar refractivity (Wildman–Crippen MR) is 104 cm³/mol. The first-order valence-electron chi connectivity index (χ1n) is 9.05. The van der Waals surface area contributed by atoms with Gasteiger partial charge in [0, 0.05) is 13.1 Å².